The number of aryl methyl sites for hydroxylation is 2. The molecular weight excluding hydrogens is 474 g/mol. The lowest BCUT2D eigenvalue weighted by Gasteiger charge is -2.37. The zero-order valence-electron chi connectivity index (χ0n) is 18.8. The van der Waals surface area contributed by atoms with Crippen molar-refractivity contribution in [2.24, 2.45) is 7.05 Å². The lowest BCUT2D eigenvalue weighted by molar-refractivity contribution is 0.600. The summed E-state index contributed by atoms with van der Waals surface area (Å²) < 4.78 is 30.1. The van der Waals surface area contributed by atoms with Crippen LogP contribution in [-0.4, -0.2) is 54.3 Å². The van der Waals surface area contributed by atoms with Crippen LogP contribution in [0.5, 0.6) is 0 Å². The molecule has 2 aromatic carbocycles. The summed E-state index contributed by atoms with van der Waals surface area (Å²) >= 11 is 6.22. The van der Waals surface area contributed by atoms with Gasteiger partial charge in [0.25, 0.3) is 10.0 Å². The van der Waals surface area contributed by atoms with Crippen molar-refractivity contribution in [1.29, 1.82) is 0 Å². The summed E-state index contributed by atoms with van der Waals surface area (Å²) in [6.45, 7) is 4.86. The summed E-state index contributed by atoms with van der Waals surface area (Å²) in [7, 11) is -2.21. The van der Waals surface area contributed by atoms with Crippen LogP contribution in [0.2, 0.25) is 5.02 Å². The Bertz CT molecular complexity index is 1460. The van der Waals surface area contributed by atoms with E-state index < -0.39 is 10.0 Å². The third-order valence-electron chi connectivity index (χ3n) is 5.87. The van der Waals surface area contributed by atoms with E-state index in [0.717, 1.165) is 24.3 Å². The van der Waals surface area contributed by atoms with Crippen LogP contribution in [0, 0.1) is 6.92 Å². The van der Waals surface area contributed by atoms with Gasteiger partial charge in [-0.3, -0.25) is 9.40 Å². The summed E-state index contributed by atoms with van der Waals surface area (Å²) in [6.07, 6.45) is 2.76. The van der Waals surface area contributed by atoms with Crippen LogP contribution in [0.3, 0.4) is 0 Å². The highest BCUT2D eigenvalue weighted by Crippen LogP contribution is 2.30. The van der Waals surface area contributed by atoms with Crippen LogP contribution in [0.15, 0.2) is 59.8 Å². The van der Waals surface area contributed by atoms with Crippen molar-refractivity contribution in [3.63, 3.8) is 0 Å². The summed E-state index contributed by atoms with van der Waals surface area (Å²) in [6, 6.07) is 13.3. The third-order valence-corrected chi connectivity index (χ3v) is 7.39. The molecule has 34 heavy (non-hydrogen) atoms. The number of nitrogens with zero attached hydrogens (tertiary/aromatic N) is 6. The second-order valence-corrected chi connectivity index (χ2v) is 10.4. The molecule has 0 spiro atoms. The number of piperazine rings is 1. The fraction of sp³-hybridized carbons (Fsp3) is 0.261. The molecule has 4 aromatic rings. The Hall–Kier alpha value is -3.37. The molecule has 1 N–H and O–H groups in total. The number of sulfonamides is 1. The number of anilines is 3. The van der Waals surface area contributed by atoms with Gasteiger partial charge in [-0.05, 0) is 36.8 Å². The maximum Gasteiger partial charge on any atom is 0.266 e. The monoisotopic (exact) mass is 497 g/mol. The van der Waals surface area contributed by atoms with E-state index >= 15 is 0 Å². The Morgan fingerprint density at radius 3 is 2.32 bits per heavy atom. The van der Waals surface area contributed by atoms with Gasteiger partial charge in [0.1, 0.15) is 4.90 Å². The van der Waals surface area contributed by atoms with Crippen LogP contribution in [0.25, 0.3) is 11.0 Å². The minimum atomic E-state index is -3.87. The first-order chi connectivity index (χ1) is 16.3. The Balaban J connectivity index is 1.46. The molecule has 0 radical (unpaired) electrons. The van der Waals surface area contributed by atoms with E-state index in [1.54, 1.807) is 7.05 Å². The molecule has 0 saturated carbocycles. The number of halogens is 1. The molecule has 176 valence electrons. The fourth-order valence-electron chi connectivity index (χ4n) is 4.09. The first kappa shape index (κ1) is 22.4. The number of aromatic nitrogens is 4. The van der Waals surface area contributed by atoms with Crippen molar-refractivity contribution in [1.82, 2.24) is 19.7 Å². The van der Waals surface area contributed by atoms with Crippen molar-refractivity contribution >= 4 is 50.0 Å². The van der Waals surface area contributed by atoms with Crippen molar-refractivity contribution in [3.05, 3.63) is 65.4 Å². The van der Waals surface area contributed by atoms with Crippen LogP contribution < -0.4 is 14.5 Å². The molecule has 1 saturated heterocycles. The minimum absolute atomic E-state index is 0.0668. The molecule has 0 bridgehead atoms. The maximum absolute atomic E-state index is 13.0. The standard InChI is InChI=1S/C23H24ClN7O2S/c1-16-7-8-17(24)13-21(16)30-9-11-31(12-10-30)23-22(26-19-5-3-4-6-20(19)27-23)28-34(32,33)18-14-25-29(2)15-18/h3-8,13-15H,9-12H2,1-2H3,(H,26,28). The van der Waals surface area contributed by atoms with Crippen LogP contribution in [0.4, 0.5) is 17.3 Å². The van der Waals surface area contributed by atoms with Crippen molar-refractivity contribution < 1.29 is 8.42 Å². The molecule has 1 aliphatic heterocycles. The smallest absolute Gasteiger partial charge is 0.266 e. The minimum Gasteiger partial charge on any atom is -0.368 e. The number of nitrogens with one attached hydrogen (secondary N) is 1. The zero-order valence-corrected chi connectivity index (χ0v) is 20.4. The predicted molar refractivity (Wildman–Crippen MR) is 134 cm³/mol. The fourth-order valence-corrected chi connectivity index (χ4v) is 5.24. The highest BCUT2D eigenvalue weighted by atomic mass is 35.5. The zero-order chi connectivity index (χ0) is 23.9. The van der Waals surface area contributed by atoms with Gasteiger partial charge in [-0.2, -0.15) is 5.10 Å². The van der Waals surface area contributed by atoms with Gasteiger partial charge in [-0.1, -0.05) is 29.8 Å². The molecule has 1 aliphatic rings. The molecule has 5 rings (SSSR count). The summed E-state index contributed by atoms with van der Waals surface area (Å²) in [4.78, 5) is 13.8. The largest absolute Gasteiger partial charge is 0.368 e. The molecule has 11 heteroatoms. The Morgan fingerprint density at radius 1 is 0.971 bits per heavy atom. The topological polar surface area (TPSA) is 96.2 Å². The van der Waals surface area contributed by atoms with E-state index in [0.29, 0.717) is 35.0 Å². The van der Waals surface area contributed by atoms with E-state index in [1.165, 1.54) is 17.1 Å². The molecule has 0 unspecified atom stereocenters. The lowest BCUT2D eigenvalue weighted by Crippen LogP contribution is -2.47. The van der Waals surface area contributed by atoms with Crippen molar-refractivity contribution in [3.8, 4) is 0 Å². The lowest BCUT2D eigenvalue weighted by atomic mass is 10.1. The summed E-state index contributed by atoms with van der Waals surface area (Å²) in [5, 5.41) is 4.68. The molecule has 2 aromatic heterocycles. The first-order valence-corrected chi connectivity index (χ1v) is 12.7. The molecule has 0 atom stereocenters. The van der Waals surface area contributed by atoms with Gasteiger partial charge in [0.15, 0.2) is 11.6 Å². The Labute approximate surface area is 203 Å². The molecule has 9 nitrogen and oxygen atoms in total. The maximum atomic E-state index is 13.0. The number of benzene rings is 2. The predicted octanol–water partition coefficient (Wildman–Crippen LogP) is 3.45. The number of hydrogen-bond donors (Lipinski definition) is 1. The molecule has 0 amide bonds. The Morgan fingerprint density at radius 2 is 1.65 bits per heavy atom. The first-order valence-electron chi connectivity index (χ1n) is 10.8. The highest BCUT2D eigenvalue weighted by Gasteiger charge is 2.26. The van der Waals surface area contributed by atoms with Gasteiger partial charge >= 0.3 is 0 Å². The number of rotatable bonds is 5. The number of para-hydroxylation sites is 2. The third kappa shape index (κ3) is 4.38. The van der Waals surface area contributed by atoms with Crippen LogP contribution >= 0.6 is 11.6 Å². The summed E-state index contributed by atoms with van der Waals surface area (Å²) in [5.41, 5.74) is 3.58. The van der Waals surface area contributed by atoms with Gasteiger partial charge in [-0.15, -0.1) is 0 Å². The Kier molecular flexibility index (Phi) is 5.78. The van der Waals surface area contributed by atoms with Crippen LogP contribution in [-0.2, 0) is 17.1 Å². The average Bonchev–Trinajstić information content (AvgIpc) is 3.27. The van der Waals surface area contributed by atoms with Gasteiger partial charge < -0.3 is 9.80 Å². The van der Waals surface area contributed by atoms with E-state index in [4.69, 9.17) is 16.6 Å². The van der Waals surface area contributed by atoms with Gasteiger partial charge in [0.05, 0.1) is 17.2 Å². The van der Waals surface area contributed by atoms with E-state index in [1.807, 2.05) is 42.5 Å². The molecule has 3 heterocycles. The summed E-state index contributed by atoms with van der Waals surface area (Å²) in [5.74, 6) is 0.712. The highest BCUT2D eigenvalue weighted by molar-refractivity contribution is 7.92. The van der Waals surface area contributed by atoms with Gasteiger partial charge in [0, 0.05) is 50.1 Å². The average molecular weight is 498 g/mol. The van der Waals surface area contributed by atoms with Crippen LogP contribution in [0.1, 0.15) is 5.56 Å². The van der Waals surface area contributed by atoms with E-state index in [2.05, 4.69) is 31.5 Å². The molecule has 0 aliphatic carbocycles. The second-order valence-electron chi connectivity index (χ2n) is 8.24. The molecule has 1 fully saturated rings. The van der Waals surface area contributed by atoms with Gasteiger partial charge in [0.2, 0.25) is 0 Å². The van der Waals surface area contributed by atoms with Gasteiger partial charge in [-0.25, -0.2) is 18.4 Å². The normalized spacial score (nSPS) is 14.6. The van der Waals surface area contributed by atoms with Crippen molar-refractivity contribution in [2.45, 2.75) is 11.8 Å². The van der Waals surface area contributed by atoms with E-state index in [-0.39, 0.29) is 10.7 Å². The number of fused-ring (bicyclic) bond motifs is 1. The van der Waals surface area contributed by atoms with E-state index in [9.17, 15) is 8.42 Å². The molecular formula is C23H24ClN7O2S. The quantitative estimate of drug-likeness (QED) is 0.451. The second kappa shape index (κ2) is 8.77. The number of hydrogen-bond acceptors (Lipinski definition) is 7. The SMILES string of the molecule is Cc1ccc(Cl)cc1N1CCN(c2nc3ccccc3nc2NS(=O)(=O)c2cnn(C)c2)CC1. The van der Waals surface area contributed by atoms with Crippen molar-refractivity contribution in [2.75, 3.05) is 40.7 Å².